The normalized spacial score (nSPS) is 27.2. The molecule has 2 rings (SSSR count). The van der Waals surface area contributed by atoms with Crippen LogP contribution in [0.25, 0.3) is 0 Å². The molecule has 0 spiro atoms. The molecule has 4 nitrogen and oxygen atoms in total. The van der Waals surface area contributed by atoms with E-state index < -0.39 is 0 Å². The molecule has 2 N–H and O–H groups in total. The Kier molecular flexibility index (Phi) is 8.60. The van der Waals surface area contributed by atoms with Gasteiger partial charge in [-0.3, -0.25) is 9.69 Å². The van der Waals surface area contributed by atoms with Gasteiger partial charge in [0.25, 0.3) is 0 Å². The summed E-state index contributed by atoms with van der Waals surface area (Å²) in [5.41, 5.74) is 5.67. The van der Waals surface area contributed by atoms with Crippen LogP contribution in [0.3, 0.4) is 0 Å². The molecule has 0 radical (unpaired) electrons. The second kappa shape index (κ2) is 9.65. The van der Waals surface area contributed by atoms with E-state index >= 15 is 0 Å². The average molecular weight is 318 g/mol. The number of rotatable bonds is 5. The standard InChI is InChI=1S/C16H31N3O.ClH/c1-2-15-7-3-4-11-19(15)16(20)13-18-10-5-6-14(12-18)8-9-17;/h14-15H,2-13,17H2,1H3;1H. The van der Waals surface area contributed by atoms with Gasteiger partial charge >= 0.3 is 0 Å². The molecule has 2 saturated heterocycles. The Morgan fingerprint density at radius 3 is 2.71 bits per heavy atom. The highest BCUT2D eigenvalue weighted by Crippen LogP contribution is 2.22. The van der Waals surface area contributed by atoms with Crippen LogP contribution >= 0.6 is 12.4 Å². The SMILES string of the molecule is CCC1CCCCN1C(=O)CN1CCCC(CCN)C1.Cl. The van der Waals surface area contributed by atoms with Gasteiger partial charge < -0.3 is 10.6 Å². The van der Waals surface area contributed by atoms with Gasteiger partial charge in [-0.2, -0.15) is 0 Å². The molecule has 21 heavy (non-hydrogen) atoms. The van der Waals surface area contributed by atoms with E-state index in [0.717, 1.165) is 39.0 Å². The molecule has 2 aliphatic rings. The summed E-state index contributed by atoms with van der Waals surface area (Å²) >= 11 is 0. The molecule has 2 fully saturated rings. The Morgan fingerprint density at radius 1 is 1.19 bits per heavy atom. The molecule has 0 bridgehead atoms. The van der Waals surface area contributed by atoms with Crippen LogP contribution < -0.4 is 5.73 Å². The highest BCUT2D eigenvalue weighted by atomic mass is 35.5. The number of hydrogen-bond donors (Lipinski definition) is 1. The number of likely N-dealkylation sites (tertiary alicyclic amines) is 2. The lowest BCUT2D eigenvalue weighted by Crippen LogP contribution is -2.49. The smallest absolute Gasteiger partial charge is 0.236 e. The van der Waals surface area contributed by atoms with Gasteiger partial charge in [-0.05, 0) is 64.0 Å². The second-order valence-electron chi connectivity index (χ2n) is 6.47. The maximum absolute atomic E-state index is 12.6. The largest absolute Gasteiger partial charge is 0.339 e. The van der Waals surface area contributed by atoms with Crippen LogP contribution in [0.4, 0.5) is 0 Å². The van der Waals surface area contributed by atoms with Crippen LogP contribution in [-0.4, -0.2) is 54.5 Å². The number of carbonyl (C=O) groups excluding carboxylic acids is 1. The van der Waals surface area contributed by atoms with Crippen molar-refractivity contribution in [3.8, 4) is 0 Å². The first kappa shape index (κ1) is 18.7. The summed E-state index contributed by atoms with van der Waals surface area (Å²) in [6.07, 6.45) is 8.35. The quantitative estimate of drug-likeness (QED) is 0.846. The third-order valence-electron chi connectivity index (χ3n) is 4.96. The van der Waals surface area contributed by atoms with Crippen molar-refractivity contribution < 1.29 is 4.79 Å². The summed E-state index contributed by atoms with van der Waals surface area (Å²) in [6, 6.07) is 0.487. The van der Waals surface area contributed by atoms with E-state index in [9.17, 15) is 4.79 Å². The van der Waals surface area contributed by atoms with E-state index in [1.54, 1.807) is 0 Å². The number of amides is 1. The van der Waals surface area contributed by atoms with Crippen LogP contribution in [0.15, 0.2) is 0 Å². The van der Waals surface area contributed by atoms with Crippen LogP contribution in [0.2, 0.25) is 0 Å². The fourth-order valence-electron chi connectivity index (χ4n) is 3.80. The Hall–Kier alpha value is -0.320. The third kappa shape index (κ3) is 5.42. The van der Waals surface area contributed by atoms with E-state index in [-0.39, 0.29) is 12.4 Å². The van der Waals surface area contributed by atoms with E-state index in [4.69, 9.17) is 5.73 Å². The minimum absolute atomic E-state index is 0. The first-order valence-electron chi connectivity index (χ1n) is 8.46. The molecule has 0 aromatic carbocycles. The van der Waals surface area contributed by atoms with Crippen molar-refractivity contribution in [2.75, 3.05) is 32.7 Å². The van der Waals surface area contributed by atoms with Gasteiger partial charge in [-0.25, -0.2) is 0 Å². The van der Waals surface area contributed by atoms with E-state index in [0.29, 0.717) is 24.4 Å². The van der Waals surface area contributed by atoms with Crippen molar-refractivity contribution in [2.45, 2.75) is 57.9 Å². The predicted octanol–water partition coefficient (Wildman–Crippen LogP) is 2.26. The summed E-state index contributed by atoms with van der Waals surface area (Å²) in [5, 5.41) is 0. The summed E-state index contributed by atoms with van der Waals surface area (Å²) in [4.78, 5) is 17.1. The fourth-order valence-corrected chi connectivity index (χ4v) is 3.80. The van der Waals surface area contributed by atoms with Crippen LogP contribution in [-0.2, 0) is 4.79 Å². The molecule has 2 atom stereocenters. The van der Waals surface area contributed by atoms with Crippen molar-refractivity contribution in [1.29, 1.82) is 0 Å². The molecular weight excluding hydrogens is 286 g/mol. The number of piperidine rings is 2. The van der Waals surface area contributed by atoms with Crippen LogP contribution in [0, 0.1) is 5.92 Å². The molecule has 0 aromatic rings. The molecule has 0 aliphatic carbocycles. The highest BCUT2D eigenvalue weighted by molar-refractivity contribution is 5.85. The minimum Gasteiger partial charge on any atom is -0.339 e. The van der Waals surface area contributed by atoms with Gasteiger partial charge in [-0.1, -0.05) is 6.92 Å². The number of carbonyl (C=O) groups is 1. The van der Waals surface area contributed by atoms with Crippen molar-refractivity contribution >= 4 is 18.3 Å². The molecular formula is C16H32ClN3O. The monoisotopic (exact) mass is 317 g/mol. The van der Waals surface area contributed by atoms with Gasteiger partial charge in [0.15, 0.2) is 0 Å². The maximum Gasteiger partial charge on any atom is 0.236 e. The van der Waals surface area contributed by atoms with E-state index in [1.807, 2.05) is 0 Å². The van der Waals surface area contributed by atoms with Crippen molar-refractivity contribution in [2.24, 2.45) is 11.7 Å². The number of hydrogen-bond acceptors (Lipinski definition) is 3. The lowest BCUT2D eigenvalue weighted by atomic mass is 9.94. The first-order chi connectivity index (χ1) is 9.74. The Morgan fingerprint density at radius 2 is 2.00 bits per heavy atom. The lowest BCUT2D eigenvalue weighted by Gasteiger charge is -2.38. The summed E-state index contributed by atoms with van der Waals surface area (Å²) in [7, 11) is 0. The number of halogens is 1. The number of nitrogens with two attached hydrogens (primary N) is 1. The topological polar surface area (TPSA) is 49.6 Å². The molecule has 2 unspecified atom stereocenters. The zero-order chi connectivity index (χ0) is 14.4. The molecule has 2 aliphatic heterocycles. The minimum atomic E-state index is 0. The molecule has 1 amide bonds. The summed E-state index contributed by atoms with van der Waals surface area (Å²) in [5.74, 6) is 1.05. The molecule has 0 aromatic heterocycles. The molecule has 124 valence electrons. The summed E-state index contributed by atoms with van der Waals surface area (Å²) in [6.45, 7) is 6.71. The molecule has 0 saturated carbocycles. The zero-order valence-corrected chi connectivity index (χ0v) is 14.2. The number of nitrogens with zero attached hydrogens (tertiary/aromatic N) is 2. The Labute approximate surface area is 135 Å². The zero-order valence-electron chi connectivity index (χ0n) is 13.4. The van der Waals surface area contributed by atoms with Gasteiger partial charge in [-0.15, -0.1) is 12.4 Å². The predicted molar refractivity (Wildman–Crippen MR) is 89.7 cm³/mol. The second-order valence-corrected chi connectivity index (χ2v) is 6.47. The third-order valence-corrected chi connectivity index (χ3v) is 4.96. The van der Waals surface area contributed by atoms with Gasteiger partial charge in [0.2, 0.25) is 5.91 Å². The highest BCUT2D eigenvalue weighted by Gasteiger charge is 2.28. The summed E-state index contributed by atoms with van der Waals surface area (Å²) < 4.78 is 0. The fraction of sp³-hybridized carbons (Fsp3) is 0.938. The van der Waals surface area contributed by atoms with E-state index in [1.165, 1.54) is 32.1 Å². The first-order valence-corrected chi connectivity index (χ1v) is 8.46. The maximum atomic E-state index is 12.6. The van der Waals surface area contributed by atoms with E-state index in [2.05, 4.69) is 16.7 Å². The van der Waals surface area contributed by atoms with Crippen molar-refractivity contribution in [3.05, 3.63) is 0 Å². The van der Waals surface area contributed by atoms with Gasteiger partial charge in [0.05, 0.1) is 6.54 Å². The van der Waals surface area contributed by atoms with Gasteiger partial charge in [0.1, 0.15) is 0 Å². The average Bonchev–Trinajstić information content (AvgIpc) is 2.48. The lowest BCUT2D eigenvalue weighted by molar-refractivity contribution is -0.136. The van der Waals surface area contributed by atoms with Gasteiger partial charge in [0, 0.05) is 19.1 Å². The van der Waals surface area contributed by atoms with Crippen molar-refractivity contribution in [3.63, 3.8) is 0 Å². The Balaban J connectivity index is 0.00000220. The van der Waals surface area contributed by atoms with Crippen LogP contribution in [0.1, 0.15) is 51.9 Å². The van der Waals surface area contributed by atoms with Crippen LogP contribution in [0.5, 0.6) is 0 Å². The molecule has 5 heteroatoms. The van der Waals surface area contributed by atoms with Crippen molar-refractivity contribution in [1.82, 2.24) is 9.80 Å². The molecule has 2 heterocycles. The Bertz CT molecular complexity index is 312.